The number of aromatic nitrogens is 1. The SMILES string of the molecule is [2H]c1c(C([2H])([2H])S(=O)(=O)N([2H])C([2H])([2H])[2H])c([2H])c2c(C([2H])([2H])CN(C)C([2H])([2H])[2H])cn([2H])c2c1[2H]. The Hall–Kier alpha value is -1.37. The van der Waals surface area contributed by atoms with Gasteiger partial charge in [-0.3, -0.25) is 0 Å². The molecule has 0 saturated carbocycles. The number of fused-ring (bicyclic) bond motifs is 1. The Balaban J connectivity index is 2.93. The minimum absolute atomic E-state index is 0.420. The molecule has 0 amide bonds. The van der Waals surface area contributed by atoms with Gasteiger partial charge in [0.1, 0.15) is 1.41 Å². The van der Waals surface area contributed by atoms with Crippen LogP contribution in [-0.2, 0) is 22.1 Å². The molecule has 1 aromatic carbocycles. The third kappa shape index (κ3) is 3.59. The minimum atomic E-state index is -5.74. The third-order valence-corrected chi connectivity index (χ3v) is 2.95. The van der Waals surface area contributed by atoms with Crippen LogP contribution in [-0.4, -0.2) is 45.8 Å². The molecule has 1 aromatic heterocycles. The molecule has 110 valence electrons. The van der Waals surface area contributed by atoms with Crippen molar-refractivity contribution < 1.29 is 29.1 Å². The summed E-state index contributed by atoms with van der Waals surface area (Å²) in [7, 11) is -4.66. The Bertz CT molecular complexity index is 1250. The maximum absolute atomic E-state index is 12.7. The van der Waals surface area contributed by atoms with Crippen LogP contribution in [0.5, 0.6) is 0 Å². The molecule has 0 unspecified atom stereocenters. The van der Waals surface area contributed by atoms with Gasteiger partial charge < -0.3 is 9.88 Å². The Kier molecular flexibility index (Phi) is 1.44. The fraction of sp³-hybridized carbons (Fsp3) is 0.429. The van der Waals surface area contributed by atoms with Crippen LogP contribution in [0, 0.1) is 0 Å². The average molecular weight is 310 g/mol. The van der Waals surface area contributed by atoms with Crippen molar-refractivity contribution >= 4 is 20.9 Å². The van der Waals surface area contributed by atoms with Crippen LogP contribution in [0.15, 0.2) is 24.3 Å². The number of rotatable bonds is 6. The van der Waals surface area contributed by atoms with Gasteiger partial charge in [0.15, 0.2) is 1.41 Å². The molecule has 0 radical (unpaired) electrons. The lowest BCUT2D eigenvalue weighted by Gasteiger charge is -2.08. The maximum atomic E-state index is 12.7. The summed E-state index contributed by atoms with van der Waals surface area (Å²) >= 11 is 0. The maximum Gasteiger partial charge on any atom is 0.215 e. The van der Waals surface area contributed by atoms with Crippen LogP contribution >= 0.6 is 0 Å². The summed E-state index contributed by atoms with van der Waals surface area (Å²) in [5.41, 5.74) is -6.33. The molecule has 0 saturated heterocycles. The standard InChI is InChI=1S/C14H21N3O2S/c1-15-20(18,19)10-11-4-5-14-13(8-11)12(9-16-14)6-7-17(2)3/h4-5,8-9,15-16H,6-7,10H2,1-3H3/i1D3,2D3,4D,5D,6D2,8D,10D2/hD2. The van der Waals surface area contributed by atoms with Crippen molar-refractivity contribution in [2.75, 3.05) is 27.5 Å². The van der Waals surface area contributed by atoms with Crippen LogP contribution in [0.2, 0.25) is 2.82 Å². The zero-order chi connectivity index (χ0) is 27.7. The fourth-order valence-corrected chi connectivity index (χ4v) is 1.83. The van der Waals surface area contributed by atoms with Crippen molar-refractivity contribution in [3.8, 4) is 0 Å². The van der Waals surface area contributed by atoms with Crippen molar-refractivity contribution in [3.05, 3.63) is 35.5 Å². The molecule has 0 aliphatic carbocycles. The van der Waals surface area contributed by atoms with Crippen LogP contribution < -0.4 is 4.72 Å². The van der Waals surface area contributed by atoms with Gasteiger partial charge in [0.05, 0.1) is 9.82 Å². The van der Waals surface area contributed by atoms with E-state index in [1.165, 1.54) is 0 Å². The first-order valence-electron chi connectivity index (χ1n) is 12.7. The molecule has 0 atom stereocenters. The highest BCUT2D eigenvalue weighted by molar-refractivity contribution is 7.88. The highest BCUT2D eigenvalue weighted by Gasteiger charge is 2.11. The normalized spacial score (nSPS) is 26.2. The van der Waals surface area contributed by atoms with Gasteiger partial charge in [-0.2, -0.15) is 0 Å². The zero-order valence-corrected chi connectivity index (χ0v) is 11.2. The number of hydrogen-bond donors (Lipinski definition) is 2. The van der Waals surface area contributed by atoms with E-state index in [0.29, 0.717) is 9.88 Å². The molecular formula is C14H21N3O2S. The van der Waals surface area contributed by atoms with Gasteiger partial charge in [-0.25, -0.2) is 13.1 Å². The largest absolute Gasteiger partial charge is 0.361 e. The number of H-pyrrole nitrogens is 1. The summed E-state index contributed by atoms with van der Waals surface area (Å²) in [5, 5.41) is -0.635. The molecule has 2 rings (SSSR count). The Morgan fingerprint density at radius 1 is 1.65 bits per heavy atom. The Morgan fingerprint density at radius 3 is 3.25 bits per heavy atom. The molecule has 5 nitrogen and oxygen atoms in total. The molecule has 0 spiro atoms. The molecule has 6 heteroatoms. The number of nitrogens with zero attached hydrogens (tertiary/aromatic N) is 1. The Labute approximate surface area is 141 Å². The van der Waals surface area contributed by atoms with E-state index in [0.717, 1.165) is 13.2 Å². The van der Waals surface area contributed by atoms with E-state index in [2.05, 4.69) is 0 Å². The van der Waals surface area contributed by atoms with Gasteiger partial charge in [0.2, 0.25) is 10.0 Å². The zero-order valence-electron chi connectivity index (χ0n) is 25.4. The number of likely N-dealkylation sites (N-methyl/N-ethyl adjacent to an activating group) is 1. The molecule has 2 aromatic rings. The smallest absolute Gasteiger partial charge is 0.215 e. The van der Waals surface area contributed by atoms with E-state index >= 15 is 0 Å². The predicted molar refractivity (Wildman–Crippen MR) is 82.2 cm³/mol. The number of aromatic amines is 1. The number of nitrogens with one attached hydrogen (secondary N) is 2. The average Bonchev–Trinajstić information content (AvgIpc) is 3.02. The van der Waals surface area contributed by atoms with E-state index in [-0.39, 0.29) is 0 Å². The lowest BCUT2D eigenvalue weighted by atomic mass is 10.1. The summed E-state index contributed by atoms with van der Waals surface area (Å²) < 4.78 is 141. The van der Waals surface area contributed by atoms with Crippen LogP contribution in [0.3, 0.4) is 0 Å². The molecule has 1 heterocycles. The van der Waals surface area contributed by atoms with Crippen molar-refractivity contribution in [3.63, 3.8) is 0 Å². The van der Waals surface area contributed by atoms with E-state index in [4.69, 9.17) is 20.6 Å². The van der Waals surface area contributed by atoms with Crippen molar-refractivity contribution in [2.45, 2.75) is 12.1 Å². The van der Waals surface area contributed by atoms with E-state index < -0.39 is 87.5 Å². The van der Waals surface area contributed by atoms with E-state index in [1.807, 2.05) is 0 Å². The monoisotopic (exact) mass is 310 g/mol. The van der Waals surface area contributed by atoms with Gasteiger partial charge in [-0.05, 0) is 50.6 Å². The van der Waals surface area contributed by atoms with Gasteiger partial charge in [0, 0.05) is 37.4 Å². The summed E-state index contributed by atoms with van der Waals surface area (Å²) in [6, 6.07) is -3.28. The molecule has 2 N–H and O–H groups in total. The van der Waals surface area contributed by atoms with E-state index in [9.17, 15) is 8.42 Å². The third-order valence-electron chi connectivity index (χ3n) is 2.24. The molecular weight excluding hydrogens is 274 g/mol. The van der Waals surface area contributed by atoms with Gasteiger partial charge >= 0.3 is 0 Å². The van der Waals surface area contributed by atoms with Crippen molar-refractivity contribution in [1.82, 2.24) is 14.6 Å². The molecule has 0 aliphatic heterocycles. The Morgan fingerprint density at radius 2 is 2.50 bits per heavy atom. The number of benzene rings is 1. The molecule has 0 fully saturated rings. The second-order valence-electron chi connectivity index (χ2n) is 3.85. The van der Waals surface area contributed by atoms with Crippen LogP contribution in [0.1, 0.15) is 28.9 Å². The summed E-state index contributed by atoms with van der Waals surface area (Å²) in [4.78, 5) is 1.08. The lowest BCUT2D eigenvalue weighted by Crippen LogP contribution is -2.20. The number of hydrogen-bond acceptors (Lipinski definition) is 3. The van der Waals surface area contributed by atoms with Crippen molar-refractivity contribution in [1.29, 1.82) is 0 Å². The quantitative estimate of drug-likeness (QED) is 0.846. The summed E-state index contributed by atoms with van der Waals surface area (Å²) in [6.07, 6.45) is -1.83. The number of sulfonamides is 1. The lowest BCUT2D eigenvalue weighted by molar-refractivity contribution is 0.414. The molecule has 0 aliphatic rings. The van der Waals surface area contributed by atoms with Crippen molar-refractivity contribution in [2.24, 2.45) is 0 Å². The first-order chi connectivity index (χ1) is 15.4. The van der Waals surface area contributed by atoms with Gasteiger partial charge in [0.25, 0.3) is 0 Å². The molecule has 0 bridgehead atoms. The molecule has 20 heavy (non-hydrogen) atoms. The van der Waals surface area contributed by atoms with Crippen LogP contribution in [0.4, 0.5) is 0 Å². The first kappa shape index (κ1) is 4.83. The highest BCUT2D eigenvalue weighted by Crippen LogP contribution is 2.21. The summed E-state index contributed by atoms with van der Waals surface area (Å²) in [6.45, 7) is -7.18. The van der Waals surface area contributed by atoms with Gasteiger partial charge in [-0.15, -0.1) is 0 Å². The predicted octanol–water partition coefficient (Wildman–Crippen LogP) is 1.32. The topological polar surface area (TPSA) is 65.2 Å². The highest BCUT2D eigenvalue weighted by atomic mass is 32.2. The van der Waals surface area contributed by atoms with Gasteiger partial charge in [-0.1, -0.05) is 6.04 Å². The van der Waals surface area contributed by atoms with Crippen LogP contribution in [0.25, 0.3) is 10.9 Å². The second-order valence-corrected chi connectivity index (χ2v) is 5.18. The first-order valence-corrected chi connectivity index (χ1v) is 6.74. The summed E-state index contributed by atoms with van der Waals surface area (Å²) in [5.74, 6) is 0. The fourth-order valence-electron chi connectivity index (χ4n) is 1.43. The van der Waals surface area contributed by atoms with E-state index in [1.54, 1.807) is 0 Å². The second kappa shape index (κ2) is 5.95. The minimum Gasteiger partial charge on any atom is -0.361 e.